The molecule has 0 spiro atoms. The minimum atomic E-state index is -0.230. The van der Waals surface area contributed by atoms with E-state index in [1.165, 1.54) is 122 Å². The fraction of sp³-hybridized carbons (Fsp3) is 0.103. The maximum absolute atomic E-state index is 2.56. The molecule has 2 heteroatoms. The lowest BCUT2D eigenvalue weighted by Crippen LogP contribution is -2.17. The highest BCUT2D eigenvalue weighted by molar-refractivity contribution is 5.97. The van der Waals surface area contributed by atoms with Gasteiger partial charge in [-0.1, -0.05) is 254 Å². The average molecular weight is 1140 g/mol. The molecule has 0 atom stereocenters. The van der Waals surface area contributed by atoms with Gasteiger partial charge in [0.15, 0.2) is 0 Å². The Morgan fingerprint density at radius 3 is 1.00 bits per heavy atom. The van der Waals surface area contributed by atoms with E-state index in [2.05, 4.69) is 355 Å². The number of fused-ring (bicyclic) bond motifs is 9. The Balaban J connectivity index is 0.722. The molecule has 0 aromatic heterocycles. The number of rotatable bonds is 11. The van der Waals surface area contributed by atoms with Crippen molar-refractivity contribution < 1.29 is 0 Å². The first kappa shape index (κ1) is 53.9. The third-order valence-electron chi connectivity index (χ3n) is 19.9. The third kappa shape index (κ3) is 8.91. The first-order chi connectivity index (χ1) is 43.4. The summed E-state index contributed by atoms with van der Waals surface area (Å²) in [5, 5.41) is 0. The summed E-state index contributed by atoms with van der Waals surface area (Å²) in [6.45, 7) is 14.4. The topological polar surface area (TPSA) is 6.48 Å². The molecule has 0 heterocycles. The summed E-state index contributed by atoms with van der Waals surface area (Å²) < 4.78 is 0. The van der Waals surface area contributed by atoms with Crippen molar-refractivity contribution in [2.75, 3.05) is 9.80 Å². The predicted molar refractivity (Wildman–Crippen MR) is 376 cm³/mol. The van der Waals surface area contributed by atoms with Crippen molar-refractivity contribution in [1.29, 1.82) is 0 Å². The number of benzene rings is 13. The molecule has 0 bridgehead atoms. The average Bonchev–Trinajstić information content (AvgIpc) is 1.58. The van der Waals surface area contributed by atoms with Crippen LogP contribution in [0.3, 0.4) is 0 Å². The van der Waals surface area contributed by atoms with E-state index in [4.69, 9.17) is 0 Å². The highest BCUT2D eigenvalue weighted by atomic mass is 15.1. The maximum atomic E-state index is 2.56. The van der Waals surface area contributed by atoms with E-state index >= 15 is 0 Å². The number of nitrogens with zero attached hydrogens (tertiary/aromatic N) is 2. The summed E-state index contributed by atoms with van der Waals surface area (Å²) in [5.74, 6) is 0. The molecule has 426 valence electrons. The summed E-state index contributed by atoms with van der Waals surface area (Å²) in [4.78, 5) is 4.80. The zero-order valence-corrected chi connectivity index (χ0v) is 51.3. The lowest BCUT2D eigenvalue weighted by Gasteiger charge is -2.28. The van der Waals surface area contributed by atoms with Gasteiger partial charge in [-0.05, 0) is 213 Å². The van der Waals surface area contributed by atoms with E-state index in [1.807, 2.05) is 0 Å². The Bertz CT molecular complexity index is 4760. The highest BCUT2D eigenvalue weighted by Gasteiger charge is 2.43. The number of hydrogen-bond donors (Lipinski definition) is 0. The van der Waals surface area contributed by atoms with Crippen LogP contribution in [-0.4, -0.2) is 0 Å². The van der Waals surface area contributed by atoms with Crippen LogP contribution < -0.4 is 9.80 Å². The van der Waals surface area contributed by atoms with E-state index in [0.29, 0.717) is 0 Å². The van der Waals surface area contributed by atoms with E-state index in [9.17, 15) is 0 Å². The zero-order valence-electron chi connectivity index (χ0n) is 51.3. The second-order valence-electron chi connectivity index (χ2n) is 26.1. The summed E-state index contributed by atoms with van der Waals surface area (Å²) in [6, 6.07) is 113. The van der Waals surface area contributed by atoms with Crippen molar-refractivity contribution in [1.82, 2.24) is 0 Å². The first-order valence-electron chi connectivity index (χ1n) is 31.4. The SMILES string of the molecule is CC1(C)c2ccccc2-c2ccc(N(c3ccc(-c4ccccc4)cc3)c3ccc(-c4cccc5c4-c4cc6c(cc4C5(C)C)-c4ccc(-c5ccc(N(c7ccc(-c8ccccc8)cc7)c7ccc(-c8ccccc8)cc7)cc5)cc4C6(C)C)cc3)cc21. The van der Waals surface area contributed by atoms with Crippen LogP contribution in [0.4, 0.5) is 34.1 Å². The summed E-state index contributed by atoms with van der Waals surface area (Å²) in [5.41, 5.74) is 34.6. The van der Waals surface area contributed by atoms with Gasteiger partial charge in [0, 0.05) is 50.4 Å². The van der Waals surface area contributed by atoms with Crippen molar-refractivity contribution >= 4 is 34.1 Å². The van der Waals surface area contributed by atoms with Crippen molar-refractivity contribution in [3.8, 4) is 89.0 Å². The molecule has 0 amide bonds. The van der Waals surface area contributed by atoms with Gasteiger partial charge in [0.25, 0.3) is 0 Å². The standard InChI is InChI=1S/C87H68N2/c1-85(2)78-27-17-16-25-73(78)74-52-50-71(54-81(74)85)89(69-44-33-62(34-45-69)59-23-14-9-15-24-59)70-48-37-64(38-49-70)72-26-18-28-79-84(72)77-56-82-76(55-83(77)86(79,3)4)75-51-39-65(53-80(75)87(82,5)6)63-35-46-68(47-36-63)88(66-40-29-60(30-41-66)57-19-10-7-11-20-57)67-42-31-61(32-43-67)58-21-12-8-13-22-58/h7-56H,1-6H3. The monoisotopic (exact) mass is 1140 g/mol. The molecular formula is C87H68N2. The van der Waals surface area contributed by atoms with Crippen LogP contribution >= 0.6 is 0 Å². The van der Waals surface area contributed by atoms with Crippen molar-refractivity contribution in [2.24, 2.45) is 0 Å². The van der Waals surface area contributed by atoms with Gasteiger partial charge in [0.05, 0.1) is 0 Å². The third-order valence-corrected chi connectivity index (χ3v) is 19.9. The lowest BCUT2D eigenvalue weighted by atomic mass is 9.79. The molecular weight excluding hydrogens is 1070 g/mol. The van der Waals surface area contributed by atoms with Crippen molar-refractivity contribution in [2.45, 2.75) is 57.8 Å². The molecule has 0 saturated heterocycles. The van der Waals surface area contributed by atoms with Crippen LogP contribution in [0.5, 0.6) is 0 Å². The molecule has 13 aromatic carbocycles. The fourth-order valence-corrected chi connectivity index (χ4v) is 15.1. The molecule has 0 aliphatic heterocycles. The maximum Gasteiger partial charge on any atom is 0.0465 e. The Hall–Kier alpha value is -10.5. The highest BCUT2D eigenvalue weighted by Crippen LogP contribution is 2.59. The minimum absolute atomic E-state index is 0.124. The molecule has 2 nitrogen and oxygen atoms in total. The van der Waals surface area contributed by atoms with Gasteiger partial charge in [0.1, 0.15) is 0 Å². The smallest absolute Gasteiger partial charge is 0.0465 e. The molecule has 3 aliphatic carbocycles. The van der Waals surface area contributed by atoms with Crippen LogP contribution in [0, 0.1) is 0 Å². The zero-order chi connectivity index (χ0) is 60.2. The number of anilines is 6. The van der Waals surface area contributed by atoms with Gasteiger partial charge in [-0.3, -0.25) is 0 Å². The number of hydrogen-bond acceptors (Lipinski definition) is 2. The van der Waals surface area contributed by atoms with Gasteiger partial charge in [-0.2, -0.15) is 0 Å². The summed E-state index contributed by atoms with van der Waals surface area (Å²) in [6.07, 6.45) is 0. The van der Waals surface area contributed by atoms with Crippen LogP contribution in [0.2, 0.25) is 0 Å². The Labute approximate surface area is 524 Å². The Morgan fingerprint density at radius 2 is 0.483 bits per heavy atom. The summed E-state index contributed by atoms with van der Waals surface area (Å²) in [7, 11) is 0. The molecule has 0 fully saturated rings. The van der Waals surface area contributed by atoms with E-state index in [1.54, 1.807) is 0 Å². The molecule has 3 aliphatic rings. The van der Waals surface area contributed by atoms with Gasteiger partial charge < -0.3 is 9.80 Å². The second kappa shape index (κ2) is 20.8. The molecule has 89 heavy (non-hydrogen) atoms. The molecule has 0 saturated carbocycles. The van der Waals surface area contributed by atoms with Crippen LogP contribution in [0.25, 0.3) is 89.0 Å². The van der Waals surface area contributed by atoms with E-state index < -0.39 is 0 Å². The fourth-order valence-electron chi connectivity index (χ4n) is 15.1. The minimum Gasteiger partial charge on any atom is -0.311 e. The molecule has 13 aromatic rings. The molecule has 16 rings (SSSR count). The molecule has 0 radical (unpaired) electrons. The molecule has 0 unspecified atom stereocenters. The van der Waals surface area contributed by atoms with Gasteiger partial charge >= 0.3 is 0 Å². The first-order valence-corrected chi connectivity index (χ1v) is 31.4. The van der Waals surface area contributed by atoms with Crippen LogP contribution in [-0.2, 0) is 16.2 Å². The van der Waals surface area contributed by atoms with Gasteiger partial charge in [0.2, 0.25) is 0 Å². The van der Waals surface area contributed by atoms with Gasteiger partial charge in [-0.25, -0.2) is 0 Å². The van der Waals surface area contributed by atoms with Crippen LogP contribution in [0.15, 0.2) is 303 Å². The predicted octanol–water partition coefficient (Wildman–Crippen LogP) is 23.9. The van der Waals surface area contributed by atoms with Crippen LogP contribution in [0.1, 0.15) is 74.9 Å². The van der Waals surface area contributed by atoms with E-state index in [-0.39, 0.29) is 16.2 Å². The summed E-state index contributed by atoms with van der Waals surface area (Å²) >= 11 is 0. The normalized spacial score (nSPS) is 14.0. The Morgan fingerprint density at radius 1 is 0.180 bits per heavy atom. The lowest BCUT2D eigenvalue weighted by molar-refractivity contribution is 0.652. The van der Waals surface area contributed by atoms with Crippen molar-refractivity contribution in [3.05, 3.63) is 337 Å². The largest absolute Gasteiger partial charge is 0.311 e. The van der Waals surface area contributed by atoms with Gasteiger partial charge in [-0.15, -0.1) is 0 Å². The quantitative estimate of drug-likeness (QED) is 0.127. The van der Waals surface area contributed by atoms with E-state index in [0.717, 1.165) is 34.1 Å². The molecule has 0 N–H and O–H groups in total. The Kier molecular flexibility index (Phi) is 12.6. The second-order valence-corrected chi connectivity index (χ2v) is 26.1. The van der Waals surface area contributed by atoms with Crippen molar-refractivity contribution in [3.63, 3.8) is 0 Å².